The highest BCUT2D eigenvalue weighted by molar-refractivity contribution is 6.71. The van der Waals surface area contributed by atoms with E-state index in [-0.39, 0.29) is 0 Å². The summed E-state index contributed by atoms with van der Waals surface area (Å²) in [7, 11) is -3.39. The lowest BCUT2D eigenvalue weighted by molar-refractivity contribution is 0.489. The molecule has 0 unspecified atom stereocenters. The number of rotatable bonds is 4. The molecule has 18 heavy (non-hydrogen) atoms. The van der Waals surface area contributed by atoms with E-state index in [0.29, 0.717) is 11.3 Å². The maximum Gasteiger partial charge on any atom is 0.242 e. The van der Waals surface area contributed by atoms with E-state index in [2.05, 4.69) is 45.4 Å². The minimum absolute atomic E-state index is 0.603. The molecule has 0 N–H and O–H groups in total. The fourth-order valence-electron chi connectivity index (χ4n) is 1.40. The summed E-state index contributed by atoms with van der Waals surface area (Å²) in [4.78, 5) is 0. The van der Waals surface area contributed by atoms with Crippen LogP contribution in [0.15, 0.2) is 18.2 Å². The van der Waals surface area contributed by atoms with Gasteiger partial charge in [-0.2, -0.15) is 5.26 Å². The van der Waals surface area contributed by atoms with Gasteiger partial charge in [0.1, 0.15) is 11.5 Å². The van der Waals surface area contributed by atoms with E-state index in [4.69, 9.17) is 14.1 Å². The summed E-state index contributed by atoms with van der Waals surface area (Å²) in [5.41, 5.74) is 0.603. The SMILES string of the molecule is C[Si](C)(C)Oc1ccc(C#N)cc1O[Si](C)(C)C. The number of nitriles is 1. The Morgan fingerprint density at radius 1 is 0.889 bits per heavy atom. The van der Waals surface area contributed by atoms with Crippen molar-refractivity contribution in [3.8, 4) is 17.6 Å². The highest BCUT2D eigenvalue weighted by Gasteiger charge is 2.23. The third kappa shape index (κ3) is 4.94. The zero-order chi connectivity index (χ0) is 14.0. The Balaban J connectivity index is 3.13. The fraction of sp³-hybridized carbons (Fsp3) is 0.462. The first-order valence-electron chi connectivity index (χ1n) is 6.03. The molecule has 0 bridgehead atoms. The van der Waals surface area contributed by atoms with Crippen LogP contribution >= 0.6 is 0 Å². The van der Waals surface area contributed by atoms with Gasteiger partial charge in [-0.05, 0) is 51.4 Å². The minimum Gasteiger partial charge on any atom is -0.542 e. The standard InChI is InChI=1S/C13H21NO2Si2/c1-17(2,3)15-12-8-7-11(10-14)9-13(12)16-18(4,5)6/h7-9H,1-6H3. The van der Waals surface area contributed by atoms with Crippen LogP contribution in [0.1, 0.15) is 5.56 Å². The molecule has 0 spiro atoms. The van der Waals surface area contributed by atoms with E-state index in [9.17, 15) is 0 Å². The van der Waals surface area contributed by atoms with Gasteiger partial charge in [-0.1, -0.05) is 0 Å². The van der Waals surface area contributed by atoms with E-state index in [1.165, 1.54) is 0 Å². The molecule has 1 rings (SSSR count). The molecule has 3 nitrogen and oxygen atoms in total. The Morgan fingerprint density at radius 2 is 1.39 bits per heavy atom. The third-order valence-corrected chi connectivity index (χ3v) is 3.57. The number of hydrogen-bond acceptors (Lipinski definition) is 3. The molecule has 1 aromatic rings. The first-order chi connectivity index (χ1) is 8.11. The van der Waals surface area contributed by atoms with E-state index >= 15 is 0 Å². The Hall–Kier alpha value is -1.26. The summed E-state index contributed by atoms with van der Waals surface area (Å²) in [6.07, 6.45) is 0. The van der Waals surface area contributed by atoms with Gasteiger partial charge in [-0.3, -0.25) is 0 Å². The molecule has 0 aliphatic heterocycles. The third-order valence-electron chi connectivity index (χ3n) is 1.91. The first kappa shape index (κ1) is 14.8. The summed E-state index contributed by atoms with van der Waals surface area (Å²) in [6, 6.07) is 7.52. The van der Waals surface area contributed by atoms with Crippen LogP contribution in [0.3, 0.4) is 0 Å². The minimum atomic E-state index is -1.71. The average molecular weight is 279 g/mol. The van der Waals surface area contributed by atoms with Crippen LogP contribution in [0.25, 0.3) is 0 Å². The summed E-state index contributed by atoms with van der Waals surface area (Å²) in [5.74, 6) is 1.46. The highest BCUT2D eigenvalue weighted by atomic mass is 28.4. The van der Waals surface area contributed by atoms with Gasteiger partial charge >= 0.3 is 0 Å². The molecule has 1 aromatic carbocycles. The van der Waals surface area contributed by atoms with Crippen molar-refractivity contribution in [1.29, 1.82) is 5.26 Å². The molecule has 0 saturated heterocycles. The van der Waals surface area contributed by atoms with Crippen LogP contribution in [-0.4, -0.2) is 16.6 Å². The van der Waals surface area contributed by atoms with Gasteiger partial charge in [0.25, 0.3) is 0 Å². The molecule has 0 radical (unpaired) electrons. The van der Waals surface area contributed by atoms with Gasteiger partial charge in [-0.25, -0.2) is 0 Å². The normalized spacial score (nSPS) is 11.8. The molecule has 0 saturated carbocycles. The Morgan fingerprint density at radius 3 is 1.83 bits per heavy atom. The van der Waals surface area contributed by atoms with Gasteiger partial charge in [0.2, 0.25) is 16.6 Å². The van der Waals surface area contributed by atoms with Gasteiger partial charge in [0.05, 0.1) is 11.6 Å². The maximum atomic E-state index is 8.96. The second-order valence-electron chi connectivity index (χ2n) is 6.20. The quantitative estimate of drug-likeness (QED) is 0.783. The summed E-state index contributed by atoms with van der Waals surface area (Å²) in [6.45, 7) is 12.7. The zero-order valence-corrected chi connectivity index (χ0v) is 14.0. The van der Waals surface area contributed by atoms with Crippen molar-refractivity contribution >= 4 is 16.6 Å². The van der Waals surface area contributed by atoms with Crippen LogP contribution in [0, 0.1) is 11.3 Å². The van der Waals surface area contributed by atoms with Crippen molar-refractivity contribution in [2.24, 2.45) is 0 Å². The summed E-state index contributed by atoms with van der Waals surface area (Å²) in [5, 5.41) is 8.96. The van der Waals surface area contributed by atoms with Gasteiger partial charge < -0.3 is 8.85 Å². The van der Waals surface area contributed by atoms with E-state index in [0.717, 1.165) is 5.75 Å². The van der Waals surface area contributed by atoms with Crippen molar-refractivity contribution in [2.45, 2.75) is 39.3 Å². The molecular weight excluding hydrogens is 258 g/mol. The Labute approximate surface area is 112 Å². The molecule has 0 aliphatic carbocycles. The summed E-state index contributed by atoms with van der Waals surface area (Å²) < 4.78 is 12.0. The Bertz CT molecular complexity index is 467. The van der Waals surface area contributed by atoms with Gasteiger partial charge in [0.15, 0.2) is 0 Å². The van der Waals surface area contributed by atoms with Crippen LogP contribution in [0.4, 0.5) is 0 Å². The van der Waals surface area contributed by atoms with Crippen molar-refractivity contribution in [2.75, 3.05) is 0 Å². The fourth-order valence-corrected chi connectivity index (χ4v) is 3.05. The molecule has 0 aliphatic rings. The van der Waals surface area contributed by atoms with E-state index < -0.39 is 16.6 Å². The lowest BCUT2D eigenvalue weighted by Gasteiger charge is -2.25. The molecule has 0 amide bonds. The number of nitrogens with zero attached hydrogens (tertiary/aromatic N) is 1. The topological polar surface area (TPSA) is 42.2 Å². The van der Waals surface area contributed by atoms with Crippen LogP contribution in [0.2, 0.25) is 39.3 Å². The van der Waals surface area contributed by atoms with Crippen LogP contribution in [-0.2, 0) is 0 Å². The largest absolute Gasteiger partial charge is 0.542 e. The lowest BCUT2D eigenvalue weighted by Crippen LogP contribution is -2.32. The molecule has 0 fully saturated rings. The highest BCUT2D eigenvalue weighted by Crippen LogP contribution is 2.32. The van der Waals surface area contributed by atoms with Crippen molar-refractivity contribution in [3.05, 3.63) is 23.8 Å². The van der Waals surface area contributed by atoms with Crippen LogP contribution in [0.5, 0.6) is 11.5 Å². The van der Waals surface area contributed by atoms with Crippen molar-refractivity contribution in [1.82, 2.24) is 0 Å². The van der Waals surface area contributed by atoms with Crippen molar-refractivity contribution in [3.63, 3.8) is 0 Å². The summed E-state index contributed by atoms with van der Waals surface area (Å²) >= 11 is 0. The number of hydrogen-bond donors (Lipinski definition) is 0. The average Bonchev–Trinajstić information content (AvgIpc) is 2.16. The van der Waals surface area contributed by atoms with Gasteiger partial charge in [0, 0.05) is 6.07 Å². The molecular formula is C13H21NO2Si2. The number of benzene rings is 1. The van der Waals surface area contributed by atoms with Gasteiger partial charge in [-0.15, -0.1) is 0 Å². The molecule has 0 atom stereocenters. The zero-order valence-electron chi connectivity index (χ0n) is 12.0. The second kappa shape index (κ2) is 5.16. The predicted molar refractivity (Wildman–Crippen MR) is 79.1 cm³/mol. The molecule has 0 heterocycles. The van der Waals surface area contributed by atoms with E-state index in [1.54, 1.807) is 12.1 Å². The monoisotopic (exact) mass is 279 g/mol. The predicted octanol–water partition coefficient (Wildman–Crippen LogP) is 3.99. The smallest absolute Gasteiger partial charge is 0.242 e. The first-order valence-corrected chi connectivity index (χ1v) is 12.8. The van der Waals surface area contributed by atoms with E-state index in [1.807, 2.05) is 6.07 Å². The molecule has 5 heteroatoms. The van der Waals surface area contributed by atoms with Crippen LogP contribution < -0.4 is 8.85 Å². The lowest BCUT2D eigenvalue weighted by atomic mass is 10.2. The molecule has 98 valence electrons. The van der Waals surface area contributed by atoms with Crippen molar-refractivity contribution < 1.29 is 8.85 Å². The maximum absolute atomic E-state index is 8.96. The Kier molecular flexibility index (Phi) is 4.25. The second-order valence-corrected chi connectivity index (χ2v) is 15.1. The molecule has 0 aromatic heterocycles.